The summed E-state index contributed by atoms with van der Waals surface area (Å²) in [6.45, 7) is 1.74. The highest BCUT2D eigenvalue weighted by molar-refractivity contribution is 5.91. The van der Waals surface area contributed by atoms with Gasteiger partial charge in [0.2, 0.25) is 0 Å². The molecule has 0 radical (unpaired) electrons. The van der Waals surface area contributed by atoms with Crippen molar-refractivity contribution < 1.29 is 24.2 Å². The molecule has 0 spiro atoms. The lowest BCUT2D eigenvalue weighted by atomic mass is 10.3. The van der Waals surface area contributed by atoms with Crippen molar-refractivity contribution in [3.05, 3.63) is 24.0 Å². The summed E-state index contributed by atoms with van der Waals surface area (Å²) in [5.74, 6) is -1.66. The van der Waals surface area contributed by atoms with Gasteiger partial charge in [-0.3, -0.25) is 4.79 Å². The van der Waals surface area contributed by atoms with E-state index in [-0.39, 0.29) is 18.8 Å². The first-order valence-corrected chi connectivity index (χ1v) is 5.81. The Balaban J connectivity index is 2.57. The molecular weight excluding hydrogens is 266 g/mol. The third-order valence-corrected chi connectivity index (χ3v) is 2.25. The first-order chi connectivity index (χ1) is 9.43. The molecule has 0 atom stereocenters. The minimum atomic E-state index is -1.15. The van der Waals surface area contributed by atoms with Crippen LogP contribution in [-0.4, -0.2) is 53.2 Å². The van der Waals surface area contributed by atoms with Crippen LogP contribution in [0.25, 0.3) is 0 Å². The summed E-state index contributed by atoms with van der Waals surface area (Å²) in [6.07, 6.45) is 1.22. The van der Waals surface area contributed by atoms with Crippen LogP contribution in [0.2, 0.25) is 0 Å². The Kier molecular flexibility index (Phi) is 5.45. The molecule has 20 heavy (non-hydrogen) atoms. The molecule has 1 heterocycles. The molecule has 2 N–H and O–H groups in total. The van der Waals surface area contributed by atoms with Crippen molar-refractivity contribution in [3.8, 4) is 0 Å². The van der Waals surface area contributed by atoms with Crippen LogP contribution in [0.5, 0.6) is 0 Å². The number of amides is 2. The predicted octanol–water partition coefficient (Wildman–Crippen LogP) is 0.807. The molecule has 0 aliphatic heterocycles. The lowest BCUT2D eigenvalue weighted by Gasteiger charge is -2.16. The van der Waals surface area contributed by atoms with E-state index in [1.54, 1.807) is 6.92 Å². The van der Waals surface area contributed by atoms with Crippen LogP contribution in [0.3, 0.4) is 0 Å². The molecule has 0 bridgehead atoms. The second kappa shape index (κ2) is 7.07. The molecule has 0 fully saturated rings. The fraction of sp³-hybridized carbons (Fsp3) is 0.333. The number of carboxylic acid groups (broad SMARTS) is 1. The van der Waals surface area contributed by atoms with Crippen LogP contribution in [0.15, 0.2) is 18.3 Å². The van der Waals surface area contributed by atoms with Crippen molar-refractivity contribution in [3.63, 3.8) is 0 Å². The number of carbonyl (C=O) groups is 3. The van der Waals surface area contributed by atoms with E-state index < -0.39 is 18.0 Å². The topological polar surface area (TPSA) is 109 Å². The Morgan fingerprint density at radius 2 is 2.10 bits per heavy atom. The number of hydrogen-bond acceptors (Lipinski definition) is 5. The van der Waals surface area contributed by atoms with Crippen molar-refractivity contribution in [2.45, 2.75) is 6.92 Å². The number of likely N-dealkylation sites (N-methyl/N-ethyl adjacent to an activating group) is 1. The normalized spacial score (nSPS) is 9.70. The molecule has 2 amide bonds. The van der Waals surface area contributed by atoms with Crippen molar-refractivity contribution >= 4 is 23.7 Å². The van der Waals surface area contributed by atoms with Gasteiger partial charge >= 0.3 is 18.0 Å². The Bertz CT molecular complexity index is 500. The number of urea groups is 1. The van der Waals surface area contributed by atoms with E-state index in [0.717, 1.165) is 4.90 Å². The number of ether oxygens (including phenoxy) is 1. The summed E-state index contributed by atoms with van der Waals surface area (Å²) in [7, 11) is 1.44. The van der Waals surface area contributed by atoms with E-state index in [0.29, 0.717) is 5.69 Å². The summed E-state index contributed by atoms with van der Waals surface area (Å²) < 4.78 is 4.72. The number of carbonyl (C=O) groups excluding carboxylic acids is 2. The van der Waals surface area contributed by atoms with Crippen LogP contribution < -0.4 is 5.32 Å². The van der Waals surface area contributed by atoms with Gasteiger partial charge in [0.1, 0.15) is 12.2 Å². The van der Waals surface area contributed by atoms with E-state index in [4.69, 9.17) is 9.84 Å². The van der Waals surface area contributed by atoms with Crippen LogP contribution in [0.1, 0.15) is 17.4 Å². The minimum absolute atomic E-state index is 0.122. The summed E-state index contributed by atoms with van der Waals surface area (Å²) in [4.78, 5) is 38.4. The second-order valence-electron chi connectivity index (χ2n) is 3.83. The molecular formula is C12H15N3O5. The molecule has 0 saturated carbocycles. The van der Waals surface area contributed by atoms with Gasteiger partial charge in [-0.2, -0.15) is 0 Å². The molecule has 0 aliphatic rings. The molecule has 8 heteroatoms. The van der Waals surface area contributed by atoms with Gasteiger partial charge in [-0.05, 0) is 19.1 Å². The summed E-state index contributed by atoms with van der Waals surface area (Å²) in [6, 6.07) is 2.15. The summed E-state index contributed by atoms with van der Waals surface area (Å²) in [5.41, 5.74) is 0.207. The van der Waals surface area contributed by atoms with Gasteiger partial charge in [0.05, 0.1) is 18.5 Å². The summed E-state index contributed by atoms with van der Waals surface area (Å²) in [5, 5.41) is 11.2. The molecule has 0 aliphatic carbocycles. The van der Waals surface area contributed by atoms with Gasteiger partial charge in [0.15, 0.2) is 0 Å². The Labute approximate surface area is 115 Å². The lowest BCUT2D eigenvalue weighted by Crippen LogP contribution is -2.36. The fourth-order valence-electron chi connectivity index (χ4n) is 1.29. The van der Waals surface area contributed by atoms with Crippen LogP contribution in [-0.2, 0) is 9.53 Å². The highest BCUT2D eigenvalue weighted by atomic mass is 16.5. The monoisotopic (exact) mass is 281 g/mol. The molecule has 1 aromatic heterocycles. The molecule has 0 aromatic carbocycles. The molecule has 108 valence electrons. The number of carboxylic acids is 1. The first-order valence-electron chi connectivity index (χ1n) is 5.81. The van der Waals surface area contributed by atoms with Crippen molar-refractivity contribution in [1.82, 2.24) is 9.88 Å². The lowest BCUT2D eigenvalue weighted by molar-refractivity contribution is -0.143. The smallest absolute Gasteiger partial charge is 0.354 e. The largest absolute Gasteiger partial charge is 0.477 e. The number of esters is 1. The molecule has 0 saturated heterocycles. The number of anilines is 1. The van der Waals surface area contributed by atoms with Crippen LogP contribution >= 0.6 is 0 Å². The fourth-order valence-corrected chi connectivity index (χ4v) is 1.29. The third kappa shape index (κ3) is 4.56. The van der Waals surface area contributed by atoms with E-state index in [2.05, 4.69) is 10.3 Å². The molecule has 1 rings (SSSR count). The number of rotatable bonds is 5. The predicted molar refractivity (Wildman–Crippen MR) is 69.5 cm³/mol. The van der Waals surface area contributed by atoms with E-state index >= 15 is 0 Å². The maximum absolute atomic E-state index is 11.7. The standard InChI is InChI=1S/C12H15N3O5/c1-3-20-10(16)7-15(2)12(19)14-8-4-5-9(11(17)18)13-6-8/h4-6H,3,7H2,1-2H3,(H,14,19)(H,17,18). The second-order valence-corrected chi connectivity index (χ2v) is 3.83. The summed E-state index contributed by atoms with van der Waals surface area (Å²) >= 11 is 0. The van der Waals surface area contributed by atoms with Crippen LogP contribution in [0.4, 0.5) is 10.5 Å². The number of aromatic carboxylic acids is 1. The van der Waals surface area contributed by atoms with Crippen LogP contribution in [0, 0.1) is 0 Å². The molecule has 8 nitrogen and oxygen atoms in total. The van der Waals surface area contributed by atoms with E-state index in [9.17, 15) is 14.4 Å². The van der Waals surface area contributed by atoms with Gasteiger partial charge < -0.3 is 20.1 Å². The van der Waals surface area contributed by atoms with Gasteiger partial charge in [-0.25, -0.2) is 14.6 Å². The zero-order chi connectivity index (χ0) is 15.1. The third-order valence-electron chi connectivity index (χ3n) is 2.25. The zero-order valence-corrected chi connectivity index (χ0v) is 11.1. The Hall–Kier alpha value is -2.64. The SMILES string of the molecule is CCOC(=O)CN(C)C(=O)Nc1ccc(C(=O)O)nc1. The van der Waals surface area contributed by atoms with E-state index in [1.165, 1.54) is 25.4 Å². The van der Waals surface area contributed by atoms with Gasteiger partial charge in [-0.15, -0.1) is 0 Å². The van der Waals surface area contributed by atoms with Gasteiger partial charge in [-0.1, -0.05) is 0 Å². The van der Waals surface area contributed by atoms with Gasteiger partial charge in [0.25, 0.3) is 0 Å². The molecule has 0 unspecified atom stereocenters. The highest BCUT2D eigenvalue weighted by Gasteiger charge is 2.14. The van der Waals surface area contributed by atoms with Crippen molar-refractivity contribution in [2.75, 3.05) is 25.5 Å². The maximum Gasteiger partial charge on any atom is 0.354 e. The molecule has 1 aromatic rings. The van der Waals surface area contributed by atoms with Crippen molar-refractivity contribution in [1.29, 1.82) is 0 Å². The average Bonchev–Trinajstić information content (AvgIpc) is 2.39. The number of nitrogens with one attached hydrogen (secondary N) is 1. The Morgan fingerprint density at radius 3 is 2.60 bits per heavy atom. The zero-order valence-electron chi connectivity index (χ0n) is 11.1. The number of aromatic nitrogens is 1. The maximum atomic E-state index is 11.7. The average molecular weight is 281 g/mol. The van der Waals surface area contributed by atoms with Crippen molar-refractivity contribution in [2.24, 2.45) is 0 Å². The highest BCUT2D eigenvalue weighted by Crippen LogP contribution is 2.07. The quantitative estimate of drug-likeness (QED) is 0.773. The number of nitrogens with zero attached hydrogens (tertiary/aromatic N) is 2. The Morgan fingerprint density at radius 1 is 1.40 bits per heavy atom. The number of hydrogen-bond donors (Lipinski definition) is 2. The van der Waals surface area contributed by atoms with Gasteiger partial charge in [0, 0.05) is 7.05 Å². The minimum Gasteiger partial charge on any atom is -0.477 e. The number of pyridine rings is 1. The van der Waals surface area contributed by atoms with E-state index in [1.807, 2.05) is 0 Å². The first kappa shape index (κ1) is 15.4.